The van der Waals surface area contributed by atoms with Crippen molar-refractivity contribution in [3.05, 3.63) is 0 Å². The molecule has 0 aliphatic heterocycles. The van der Waals surface area contributed by atoms with Crippen molar-refractivity contribution in [2.24, 2.45) is 0 Å². The van der Waals surface area contributed by atoms with Crippen LogP contribution in [0.15, 0.2) is 0 Å². The monoisotopic (exact) mass is 267 g/mol. The van der Waals surface area contributed by atoms with Gasteiger partial charge < -0.3 is 4.74 Å². The van der Waals surface area contributed by atoms with Gasteiger partial charge in [-0.15, -0.1) is 0 Å². The molecule has 11 heavy (non-hydrogen) atoms. The molecule has 0 spiro atoms. The fourth-order valence-electron chi connectivity index (χ4n) is 0.519. The molecule has 0 unspecified atom stereocenters. The molecule has 1 N–H and O–H groups in total. The second kappa shape index (κ2) is 7.66. The minimum absolute atomic E-state index is 0.172. The van der Waals surface area contributed by atoms with Crippen LogP contribution in [0.4, 0.5) is 0 Å². The fourth-order valence-corrected chi connectivity index (χ4v) is 0.710. The van der Waals surface area contributed by atoms with Crippen molar-refractivity contribution in [1.29, 1.82) is 0 Å². The van der Waals surface area contributed by atoms with Crippen LogP contribution in [0, 0.1) is 12.0 Å². The Hall–Kier alpha value is -0.440. The number of halogens is 1. The molecule has 0 aromatic heterocycles. The lowest BCUT2D eigenvalue weighted by Crippen LogP contribution is -1.98. The topological polar surface area (TPSA) is 38.3 Å². The van der Waals surface area contributed by atoms with Crippen molar-refractivity contribution < 1.29 is 9.53 Å². The highest BCUT2D eigenvalue weighted by atomic mass is 127. The Balaban J connectivity index is 3.21. The molecular weight excluding hydrogens is 257 g/mol. The third kappa shape index (κ3) is 7.46. The first-order valence-electron chi connectivity index (χ1n) is 3.21. The SMILES string of the molecule is COC(=O)CCCC#CNI. The fraction of sp³-hybridized carbons (Fsp3) is 0.571. The zero-order chi connectivity index (χ0) is 8.53. The number of unbranched alkanes of at least 4 members (excludes halogenated alkanes) is 1. The van der Waals surface area contributed by atoms with E-state index in [0.717, 1.165) is 12.8 Å². The zero-order valence-corrected chi connectivity index (χ0v) is 8.47. The summed E-state index contributed by atoms with van der Waals surface area (Å²) >= 11 is 1.94. The Morgan fingerprint density at radius 3 is 3.00 bits per heavy atom. The van der Waals surface area contributed by atoms with Crippen LogP contribution in [0.5, 0.6) is 0 Å². The first-order chi connectivity index (χ1) is 5.31. The number of esters is 1. The predicted octanol–water partition coefficient (Wildman–Crippen LogP) is 1.23. The number of carbonyl (C=O) groups excluding carboxylic acids is 1. The van der Waals surface area contributed by atoms with E-state index in [1.54, 1.807) is 0 Å². The molecule has 0 aromatic rings. The second-order valence-corrected chi connectivity index (χ2v) is 2.37. The molecule has 62 valence electrons. The van der Waals surface area contributed by atoms with Crippen LogP contribution < -0.4 is 3.53 Å². The molecule has 4 heteroatoms. The quantitative estimate of drug-likeness (QED) is 0.209. The molecule has 0 aromatic carbocycles. The highest BCUT2D eigenvalue weighted by molar-refractivity contribution is 14.1. The predicted molar refractivity (Wildman–Crippen MR) is 50.8 cm³/mol. The Morgan fingerprint density at radius 2 is 2.45 bits per heavy atom. The van der Waals surface area contributed by atoms with E-state index in [0.29, 0.717) is 6.42 Å². The van der Waals surface area contributed by atoms with Gasteiger partial charge in [0.05, 0.1) is 30.0 Å². The summed E-state index contributed by atoms with van der Waals surface area (Å²) in [6.45, 7) is 0. The molecule has 0 aliphatic rings. The van der Waals surface area contributed by atoms with Crippen LogP contribution in [-0.4, -0.2) is 13.1 Å². The first kappa shape index (κ1) is 10.6. The molecule has 0 fully saturated rings. The second-order valence-electron chi connectivity index (χ2n) is 1.83. The van der Waals surface area contributed by atoms with Crippen LogP contribution in [-0.2, 0) is 9.53 Å². The highest BCUT2D eigenvalue weighted by Crippen LogP contribution is 1.94. The Morgan fingerprint density at radius 1 is 1.73 bits per heavy atom. The molecule has 0 aliphatic carbocycles. The normalized spacial score (nSPS) is 7.82. The van der Waals surface area contributed by atoms with E-state index in [1.807, 2.05) is 22.9 Å². The molecule has 0 rings (SSSR count). The first-order valence-corrected chi connectivity index (χ1v) is 4.29. The summed E-state index contributed by atoms with van der Waals surface area (Å²) in [5.41, 5.74) is 0. The van der Waals surface area contributed by atoms with E-state index in [9.17, 15) is 4.79 Å². The number of methoxy groups -OCH3 is 1. The van der Waals surface area contributed by atoms with Crippen LogP contribution in [0.3, 0.4) is 0 Å². The van der Waals surface area contributed by atoms with E-state index in [-0.39, 0.29) is 5.97 Å². The maximum absolute atomic E-state index is 10.6. The average molecular weight is 267 g/mol. The lowest BCUT2D eigenvalue weighted by molar-refractivity contribution is -0.140. The summed E-state index contributed by atoms with van der Waals surface area (Å²) in [6.07, 6.45) is 1.94. The van der Waals surface area contributed by atoms with Crippen molar-refractivity contribution in [2.75, 3.05) is 7.11 Å². The van der Waals surface area contributed by atoms with E-state index < -0.39 is 0 Å². The van der Waals surface area contributed by atoms with Crippen molar-refractivity contribution >= 4 is 28.8 Å². The summed E-state index contributed by atoms with van der Waals surface area (Å²) < 4.78 is 7.12. The van der Waals surface area contributed by atoms with Gasteiger partial charge in [0.25, 0.3) is 0 Å². The third-order valence-corrected chi connectivity index (χ3v) is 1.32. The number of nitrogens with one attached hydrogen (secondary N) is 1. The highest BCUT2D eigenvalue weighted by Gasteiger charge is 1.96. The van der Waals surface area contributed by atoms with Gasteiger partial charge >= 0.3 is 5.97 Å². The maximum Gasteiger partial charge on any atom is 0.305 e. The molecule has 0 heterocycles. The minimum atomic E-state index is -0.172. The van der Waals surface area contributed by atoms with Crippen LogP contribution in [0.1, 0.15) is 19.3 Å². The van der Waals surface area contributed by atoms with Crippen molar-refractivity contribution in [1.82, 2.24) is 3.53 Å². The van der Waals surface area contributed by atoms with Gasteiger partial charge in [0.2, 0.25) is 0 Å². The van der Waals surface area contributed by atoms with Gasteiger partial charge in [0.1, 0.15) is 0 Å². The van der Waals surface area contributed by atoms with Crippen LogP contribution >= 0.6 is 22.9 Å². The van der Waals surface area contributed by atoms with Gasteiger partial charge in [0.15, 0.2) is 0 Å². The van der Waals surface area contributed by atoms with Crippen LogP contribution in [0.2, 0.25) is 0 Å². The Bertz CT molecular complexity index is 171. The van der Waals surface area contributed by atoms with Gasteiger partial charge in [-0.1, -0.05) is 5.92 Å². The lowest BCUT2D eigenvalue weighted by atomic mass is 10.2. The van der Waals surface area contributed by atoms with Crippen molar-refractivity contribution in [3.63, 3.8) is 0 Å². The molecule has 0 bridgehead atoms. The van der Waals surface area contributed by atoms with Crippen molar-refractivity contribution in [2.45, 2.75) is 19.3 Å². The molecule has 0 amide bonds. The number of ether oxygens (including phenoxy) is 1. The van der Waals surface area contributed by atoms with Gasteiger partial charge in [-0.05, 0) is 6.42 Å². The summed E-state index contributed by atoms with van der Waals surface area (Å²) in [6, 6.07) is 2.67. The average Bonchev–Trinajstić information content (AvgIpc) is 2.04. The maximum atomic E-state index is 10.6. The lowest BCUT2D eigenvalue weighted by Gasteiger charge is -1.93. The van der Waals surface area contributed by atoms with Crippen LogP contribution in [0.25, 0.3) is 0 Å². The molecular formula is C7H10INO2. The van der Waals surface area contributed by atoms with E-state index in [1.165, 1.54) is 7.11 Å². The third-order valence-electron chi connectivity index (χ3n) is 1.05. The minimum Gasteiger partial charge on any atom is -0.469 e. The molecule has 0 saturated carbocycles. The number of hydrogen-bond donors (Lipinski definition) is 1. The number of carbonyl (C=O) groups is 1. The smallest absolute Gasteiger partial charge is 0.305 e. The molecule has 0 radical (unpaired) electrons. The largest absolute Gasteiger partial charge is 0.469 e. The summed E-state index contributed by atoms with van der Waals surface area (Å²) in [5, 5.41) is 0. The van der Waals surface area contributed by atoms with Gasteiger partial charge in [-0.2, -0.15) is 0 Å². The summed E-state index contributed by atoms with van der Waals surface area (Å²) in [5.74, 6) is 2.67. The zero-order valence-electron chi connectivity index (χ0n) is 6.32. The Kier molecular flexibility index (Phi) is 7.36. The molecule has 0 atom stereocenters. The molecule has 0 saturated heterocycles. The van der Waals surface area contributed by atoms with E-state index >= 15 is 0 Å². The van der Waals surface area contributed by atoms with E-state index in [4.69, 9.17) is 0 Å². The van der Waals surface area contributed by atoms with Crippen molar-refractivity contribution in [3.8, 4) is 12.0 Å². The standard InChI is InChI=1S/C7H10INO2/c1-11-7(10)5-3-2-4-6-9-8/h9H,2-3,5H2,1H3. The summed E-state index contributed by atoms with van der Waals surface area (Å²) in [7, 11) is 1.39. The van der Waals surface area contributed by atoms with Gasteiger partial charge in [-0.3, -0.25) is 8.32 Å². The molecule has 3 nitrogen and oxygen atoms in total. The Labute approximate surface area is 80.4 Å². The van der Waals surface area contributed by atoms with E-state index in [2.05, 4.69) is 20.2 Å². The van der Waals surface area contributed by atoms with Gasteiger partial charge in [0, 0.05) is 18.9 Å². The summed E-state index contributed by atoms with van der Waals surface area (Å²) in [4.78, 5) is 10.6. The number of hydrogen-bond acceptors (Lipinski definition) is 3. The number of rotatable bonds is 3. The van der Waals surface area contributed by atoms with Gasteiger partial charge in [-0.25, -0.2) is 0 Å².